The first-order valence-electron chi connectivity index (χ1n) is 23.8. The van der Waals surface area contributed by atoms with E-state index in [-0.39, 0.29) is 67.1 Å². The van der Waals surface area contributed by atoms with Crippen LogP contribution in [0.15, 0.2) is 72.8 Å². The molecule has 4 aromatic rings. The van der Waals surface area contributed by atoms with E-state index < -0.39 is 30.1 Å². The van der Waals surface area contributed by atoms with Gasteiger partial charge in [-0.25, -0.2) is 24.0 Å². The summed E-state index contributed by atoms with van der Waals surface area (Å²) >= 11 is 0. The number of rotatable bonds is 20. The molecule has 1 aromatic heterocycles. The van der Waals surface area contributed by atoms with E-state index in [0.717, 1.165) is 86.0 Å². The van der Waals surface area contributed by atoms with Gasteiger partial charge in [-0.3, -0.25) is 19.9 Å². The summed E-state index contributed by atoms with van der Waals surface area (Å²) in [6.45, 7) is 9.67. The van der Waals surface area contributed by atoms with Crippen LogP contribution in [0.3, 0.4) is 0 Å². The molecule has 4 N–H and O–H groups in total. The molecule has 1 aliphatic carbocycles. The van der Waals surface area contributed by atoms with Crippen LogP contribution < -0.4 is 5.32 Å². The minimum absolute atomic E-state index is 0. The normalized spacial score (nSPS) is 20.8. The van der Waals surface area contributed by atoms with Gasteiger partial charge in [-0.05, 0) is 144 Å². The van der Waals surface area contributed by atoms with Gasteiger partial charge in [0.05, 0.1) is 30.3 Å². The van der Waals surface area contributed by atoms with Gasteiger partial charge < -0.3 is 29.6 Å². The number of benzene rings is 3. The van der Waals surface area contributed by atoms with Gasteiger partial charge in [0.25, 0.3) is 5.91 Å². The standard InChI is InChI=1S/C29H38FN3O3.C22H31N3O5.2ClH/c1-20(2)28-23-11-10-22(30)17-21(23)12-13-29(28,19-36-18-27(34)35)14-16-33(3)15-6-9-26-31-24-7-4-5-8-25(24)32-26;1-2-30-22(29)18(13-12-16-8-4-3-5-9-16)23-17-10-6-14-24-15-7-11-19(21(27)28)25(24)20(17)26;;/h4-5,7-8,10-11,17,20,28H,6,9,12-16,18-19H2,1-3H3,(H,31,32)(H,34,35);3-5,8-9,17-19,23H,2,6-7,10-15H2,1H3,(H,27,28);2*1H/t28-,29+;17-,18-,19-;;/m00../s1. The quantitative estimate of drug-likeness (QED) is 0.0632. The third-order valence-electron chi connectivity index (χ3n) is 13.4. The van der Waals surface area contributed by atoms with E-state index in [9.17, 15) is 28.7 Å². The molecule has 0 radical (unpaired) electrons. The number of aryl methyl sites for hydroxylation is 3. The second-order valence-corrected chi connectivity index (χ2v) is 18.5. The molecule has 0 unspecified atom stereocenters. The van der Waals surface area contributed by atoms with Crippen molar-refractivity contribution in [3.63, 3.8) is 0 Å². The number of halogens is 3. The molecule has 68 heavy (non-hydrogen) atoms. The van der Waals surface area contributed by atoms with Crippen molar-refractivity contribution in [2.45, 2.75) is 115 Å². The van der Waals surface area contributed by atoms with E-state index in [1.165, 1.54) is 10.6 Å². The number of hydrogen-bond donors (Lipinski definition) is 4. The first-order valence-corrected chi connectivity index (χ1v) is 23.8. The van der Waals surface area contributed by atoms with Gasteiger partial charge in [-0.2, -0.15) is 0 Å². The fourth-order valence-electron chi connectivity index (χ4n) is 10.3. The lowest BCUT2D eigenvalue weighted by molar-refractivity contribution is -0.174. The minimum atomic E-state index is -0.986. The van der Waals surface area contributed by atoms with Gasteiger partial charge in [0.15, 0.2) is 0 Å². The van der Waals surface area contributed by atoms with E-state index in [1.807, 2.05) is 65.7 Å². The minimum Gasteiger partial charge on any atom is -0.480 e. The van der Waals surface area contributed by atoms with Crippen LogP contribution in [0.2, 0.25) is 0 Å². The van der Waals surface area contributed by atoms with Crippen LogP contribution in [0.4, 0.5) is 4.39 Å². The Hall–Kier alpha value is -4.64. The van der Waals surface area contributed by atoms with Crippen LogP contribution in [0.5, 0.6) is 0 Å². The number of para-hydroxylation sites is 2. The number of esters is 1. The first-order chi connectivity index (χ1) is 31.8. The maximum atomic E-state index is 14.0. The number of carboxylic acids is 2. The first kappa shape index (κ1) is 56.0. The summed E-state index contributed by atoms with van der Waals surface area (Å²) in [5.41, 5.74) is 5.24. The Morgan fingerprint density at radius 1 is 0.985 bits per heavy atom. The molecule has 0 bridgehead atoms. The predicted octanol–water partition coefficient (Wildman–Crippen LogP) is 7.87. The number of H-pyrrole nitrogens is 1. The van der Waals surface area contributed by atoms with Gasteiger partial charge in [0.1, 0.15) is 30.3 Å². The average molecular weight is 986 g/mol. The Kier molecular flexibility index (Phi) is 22.2. The highest BCUT2D eigenvalue weighted by molar-refractivity contribution is 5.88. The van der Waals surface area contributed by atoms with Gasteiger partial charge in [-0.1, -0.05) is 62.4 Å². The number of aliphatic carboxylic acids is 2. The molecule has 3 aliphatic rings. The monoisotopic (exact) mass is 984 g/mol. The van der Waals surface area contributed by atoms with Crippen LogP contribution in [-0.4, -0.2) is 130 Å². The molecule has 374 valence electrons. The maximum Gasteiger partial charge on any atom is 0.329 e. The number of ether oxygens (including phenoxy) is 2. The summed E-state index contributed by atoms with van der Waals surface area (Å²) in [5.74, 6) is -1.27. The summed E-state index contributed by atoms with van der Waals surface area (Å²) in [5, 5.41) is 25.2. The lowest BCUT2D eigenvalue weighted by atomic mass is 9.59. The molecule has 1 amide bonds. The van der Waals surface area contributed by atoms with Crippen LogP contribution in [0.25, 0.3) is 11.0 Å². The van der Waals surface area contributed by atoms with Crippen LogP contribution in [-0.2, 0) is 47.9 Å². The summed E-state index contributed by atoms with van der Waals surface area (Å²) in [7, 11) is 2.14. The molecular weight excluding hydrogens is 914 g/mol. The molecule has 0 saturated carbocycles. The second kappa shape index (κ2) is 26.9. The summed E-state index contributed by atoms with van der Waals surface area (Å²) < 4.78 is 24.9. The Morgan fingerprint density at radius 2 is 1.71 bits per heavy atom. The van der Waals surface area contributed by atoms with Crippen LogP contribution in [0, 0.1) is 17.2 Å². The number of carboxylic acid groups (broad SMARTS) is 2. The number of hydrazine groups is 1. The molecule has 2 fully saturated rings. The van der Waals surface area contributed by atoms with Crippen molar-refractivity contribution in [1.82, 2.24) is 30.2 Å². The fraction of sp³-hybridized carbons (Fsp3) is 0.549. The summed E-state index contributed by atoms with van der Waals surface area (Å²) in [6.07, 6.45) is 8.09. The molecule has 0 spiro atoms. The van der Waals surface area contributed by atoms with Gasteiger partial charge in [0.2, 0.25) is 0 Å². The number of nitrogens with zero attached hydrogens (tertiary/aromatic N) is 4. The molecular formula is C51H71Cl2FN6O8. The maximum absolute atomic E-state index is 14.0. The third-order valence-corrected chi connectivity index (χ3v) is 13.4. The largest absolute Gasteiger partial charge is 0.480 e. The zero-order valence-electron chi connectivity index (χ0n) is 39.9. The average Bonchev–Trinajstić information content (AvgIpc) is 3.64. The molecule has 3 heterocycles. The summed E-state index contributed by atoms with van der Waals surface area (Å²) in [6, 6.07) is 21.0. The molecule has 7 rings (SSSR count). The van der Waals surface area contributed by atoms with Gasteiger partial charge in [-0.15, -0.1) is 24.8 Å². The molecule has 2 saturated heterocycles. The number of carbonyl (C=O) groups is 4. The van der Waals surface area contributed by atoms with E-state index in [2.05, 4.69) is 41.1 Å². The Morgan fingerprint density at radius 3 is 2.40 bits per heavy atom. The number of aromatic amines is 1. The van der Waals surface area contributed by atoms with Gasteiger partial charge >= 0.3 is 17.9 Å². The number of carbonyl (C=O) groups excluding carboxylic acids is 2. The van der Waals surface area contributed by atoms with Crippen molar-refractivity contribution in [1.29, 1.82) is 0 Å². The van der Waals surface area contributed by atoms with E-state index >= 15 is 0 Å². The highest BCUT2D eigenvalue weighted by Gasteiger charge is 2.45. The molecule has 17 heteroatoms. The highest BCUT2D eigenvalue weighted by atomic mass is 35.5. The topological polar surface area (TPSA) is 178 Å². The van der Waals surface area contributed by atoms with Crippen LogP contribution >= 0.6 is 24.8 Å². The lowest BCUT2D eigenvalue weighted by Crippen LogP contribution is -2.61. The Balaban J connectivity index is 0.000000293. The predicted molar refractivity (Wildman–Crippen MR) is 265 cm³/mol. The fourth-order valence-corrected chi connectivity index (χ4v) is 10.3. The van der Waals surface area contributed by atoms with Crippen molar-refractivity contribution in [2.75, 3.05) is 53.0 Å². The SMILES string of the molecule is CC(C)[C@H]1c2ccc(F)cc2CC[C@@]1(CCN(C)CCCc1nc2ccccc2[nH]1)COCC(=O)O.CCOC(=O)[C@H](CCc1ccccc1)N[C@H]1CCCN2CCC[C@@H](C(=O)O)N2C1=O.Cl.Cl. The number of hydrogen-bond acceptors (Lipinski definition) is 10. The van der Waals surface area contributed by atoms with Crippen molar-refractivity contribution in [2.24, 2.45) is 11.3 Å². The summed E-state index contributed by atoms with van der Waals surface area (Å²) in [4.78, 5) is 59.2. The molecule has 2 aliphatic heterocycles. The molecule has 3 aromatic carbocycles. The van der Waals surface area contributed by atoms with Crippen molar-refractivity contribution >= 4 is 59.7 Å². The van der Waals surface area contributed by atoms with E-state index in [0.29, 0.717) is 51.3 Å². The van der Waals surface area contributed by atoms with Gasteiger partial charge in [0, 0.05) is 24.9 Å². The third kappa shape index (κ3) is 14.9. The van der Waals surface area contributed by atoms with E-state index in [4.69, 9.17) is 14.6 Å². The number of nitrogens with one attached hydrogen (secondary N) is 2. The number of imidazole rings is 1. The molecule has 5 atom stereocenters. The smallest absolute Gasteiger partial charge is 0.329 e. The zero-order valence-corrected chi connectivity index (χ0v) is 41.5. The number of fused-ring (bicyclic) bond motifs is 3. The van der Waals surface area contributed by atoms with Crippen molar-refractivity contribution < 1.29 is 43.3 Å². The number of amides is 1. The van der Waals surface area contributed by atoms with Crippen LogP contribution in [0.1, 0.15) is 101 Å². The second-order valence-electron chi connectivity index (χ2n) is 18.5. The Bertz CT molecular complexity index is 2200. The lowest BCUT2D eigenvalue weighted by Gasteiger charge is -2.48. The number of aromatic nitrogens is 2. The van der Waals surface area contributed by atoms with Crippen molar-refractivity contribution in [3.05, 3.63) is 101 Å². The molecule has 14 nitrogen and oxygen atoms in total. The highest BCUT2D eigenvalue weighted by Crippen LogP contribution is 2.52. The Labute approximate surface area is 412 Å². The van der Waals surface area contributed by atoms with Crippen molar-refractivity contribution in [3.8, 4) is 0 Å². The van der Waals surface area contributed by atoms with E-state index in [1.54, 1.807) is 19.1 Å². The zero-order chi connectivity index (χ0) is 47.2.